The predicted molar refractivity (Wildman–Crippen MR) is 63.3 cm³/mol. The first-order chi connectivity index (χ1) is 9.26. The van der Waals surface area contributed by atoms with Crippen molar-refractivity contribution in [2.24, 2.45) is 0 Å². The molecule has 20 heavy (non-hydrogen) atoms. The monoisotopic (exact) mass is 305 g/mol. The van der Waals surface area contributed by atoms with Gasteiger partial charge in [-0.05, 0) is 30.9 Å². The van der Waals surface area contributed by atoms with Crippen molar-refractivity contribution in [1.82, 2.24) is 0 Å². The van der Waals surface area contributed by atoms with Crippen LogP contribution in [0.5, 0.6) is 5.75 Å². The summed E-state index contributed by atoms with van der Waals surface area (Å²) in [4.78, 5) is 0. The van der Waals surface area contributed by atoms with E-state index in [4.69, 9.17) is 5.26 Å². The van der Waals surface area contributed by atoms with E-state index in [9.17, 15) is 21.6 Å². The van der Waals surface area contributed by atoms with Gasteiger partial charge in [0.25, 0.3) is 0 Å². The van der Waals surface area contributed by atoms with Crippen LogP contribution in [0.4, 0.5) is 13.2 Å². The fraction of sp³-hybridized carbons (Fsp3) is 0.417. The molecule has 0 N–H and O–H groups in total. The molecule has 1 atom stereocenters. The van der Waals surface area contributed by atoms with Crippen LogP contribution in [0.2, 0.25) is 0 Å². The molecule has 2 rings (SSSR count). The molecule has 1 aliphatic carbocycles. The maximum Gasteiger partial charge on any atom is 0.534 e. The topological polar surface area (TPSA) is 67.2 Å². The molecule has 8 heteroatoms. The van der Waals surface area contributed by atoms with E-state index in [0.29, 0.717) is 30.4 Å². The normalized spacial score (nSPS) is 19.0. The van der Waals surface area contributed by atoms with Gasteiger partial charge in [-0.3, -0.25) is 0 Å². The molecule has 0 aliphatic heterocycles. The third-order valence-corrected chi connectivity index (χ3v) is 4.07. The van der Waals surface area contributed by atoms with Crippen LogP contribution < -0.4 is 4.18 Å². The van der Waals surface area contributed by atoms with Crippen molar-refractivity contribution in [3.63, 3.8) is 0 Å². The fourth-order valence-corrected chi connectivity index (χ4v) is 2.68. The second kappa shape index (κ2) is 4.98. The average molecular weight is 305 g/mol. The summed E-state index contributed by atoms with van der Waals surface area (Å²) < 4.78 is 63.3. The Kier molecular flexibility index (Phi) is 3.65. The second-order valence-electron chi connectivity index (χ2n) is 4.38. The zero-order valence-corrected chi connectivity index (χ0v) is 11.0. The highest BCUT2D eigenvalue weighted by atomic mass is 32.2. The van der Waals surface area contributed by atoms with E-state index >= 15 is 0 Å². The van der Waals surface area contributed by atoms with Crippen molar-refractivity contribution in [2.75, 3.05) is 0 Å². The van der Waals surface area contributed by atoms with Gasteiger partial charge in [-0.1, -0.05) is 12.1 Å². The Morgan fingerprint density at radius 3 is 2.65 bits per heavy atom. The highest BCUT2D eigenvalue weighted by Crippen LogP contribution is 2.38. The van der Waals surface area contributed by atoms with Gasteiger partial charge in [0.2, 0.25) is 0 Å². The molecule has 0 fully saturated rings. The van der Waals surface area contributed by atoms with Gasteiger partial charge in [0.05, 0.1) is 12.0 Å². The molecule has 1 unspecified atom stereocenters. The van der Waals surface area contributed by atoms with Crippen LogP contribution in [0.25, 0.3) is 0 Å². The Morgan fingerprint density at radius 2 is 2.05 bits per heavy atom. The molecule has 0 amide bonds. The molecular weight excluding hydrogens is 295 g/mol. The lowest BCUT2D eigenvalue weighted by Crippen LogP contribution is -2.28. The minimum Gasteiger partial charge on any atom is -0.376 e. The number of benzene rings is 1. The Balaban J connectivity index is 2.44. The second-order valence-corrected chi connectivity index (χ2v) is 5.92. The van der Waals surface area contributed by atoms with Gasteiger partial charge in [0.15, 0.2) is 0 Å². The first-order valence-corrected chi connectivity index (χ1v) is 7.19. The lowest BCUT2D eigenvalue weighted by molar-refractivity contribution is -0.0500. The van der Waals surface area contributed by atoms with Crippen LogP contribution >= 0.6 is 0 Å². The molecule has 0 bridgehead atoms. The van der Waals surface area contributed by atoms with Crippen molar-refractivity contribution in [3.05, 3.63) is 29.3 Å². The maximum atomic E-state index is 12.3. The van der Waals surface area contributed by atoms with Crippen molar-refractivity contribution in [2.45, 2.75) is 30.7 Å². The van der Waals surface area contributed by atoms with E-state index < -0.39 is 21.5 Å². The molecule has 0 saturated carbocycles. The Bertz CT molecular complexity index is 662. The summed E-state index contributed by atoms with van der Waals surface area (Å²) in [6.07, 6.45) is 1.58. The third kappa shape index (κ3) is 2.58. The highest BCUT2D eigenvalue weighted by Gasteiger charge is 2.49. The van der Waals surface area contributed by atoms with Crippen LogP contribution in [-0.4, -0.2) is 13.9 Å². The van der Waals surface area contributed by atoms with Crippen molar-refractivity contribution in [3.8, 4) is 11.8 Å². The Hall–Kier alpha value is -1.75. The quantitative estimate of drug-likeness (QED) is 0.622. The largest absolute Gasteiger partial charge is 0.534 e. The Labute approximate surface area is 113 Å². The predicted octanol–water partition coefficient (Wildman–Crippen LogP) is 2.86. The zero-order valence-electron chi connectivity index (χ0n) is 10.1. The molecule has 1 aliphatic rings. The summed E-state index contributed by atoms with van der Waals surface area (Å²) in [6, 6.07) is 6.21. The van der Waals surface area contributed by atoms with Crippen LogP contribution in [0.1, 0.15) is 29.9 Å². The molecule has 0 saturated heterocycles. The van der Waals surface area contributed by atoms with Gasteiger partial charge >= 0.3 is 15.6 Å². The van der Waals surface area contributed by atoms with Crippen molar-refractivity contribution in [1.29, 1.82) is 5.26 Å². The van der Waals surface area contributed by atoms with Crippen LogP contribution in [0.3, 0.4) is 0 Å². The van der Waals surface area contributed by atoms with Gasteiger partial charge in [-0.2, -0.15) is 26.9 Å². The number of alkyl halides is 3. The molecule has 0 spiro atoms. The molecule has 0 aromatic heterocycles. The van der Waals surface area contributed by atoms with Gasteiger partial charge < -0.3 is 4.18 Å². The molecule has 1 aromatic rings. The summed E-state index contributed by atoms with van der Waals surface area (Å²) in [5.74, 6) is -0.796. The summed E-state index contributed by atoms with van der Waals surface area (Å²) in [7, 11) is -5.69. The van der Waals surface area contributed by atoms with Gasteiger partial charge in [0, 0.05) is 5.56 Å². The third-order valence-electron chi connectivity index (χ3n) is 3.10. The lowest BCUT2D eigenvalue weighted by Gasteiger charge is -2.22. The molecular formula is C12H10F3NO3S. The summed E-state index contributed by atoms with van der Waals surface area (Å²) >= 11 is 0. The van der Waals surface area contributed by atoms with Gasteiger partial charge in [0.1, 0.15) is 5.75 Å². The average Bonchev–Trinajstić information content (AvgIpc) is 2.36. The van der Waals surface area contributed by atoms with E-state index in [2.05, 4.69) is 10.3 Å². The summed E-state index contributed by atoms with van der Waals surface area (Å²) in [5.41, 5.74) is -4.58. The summed E-state index contributed by atoms with van der Waals surface area (Å²) in [6.45, 7) is 0. The molecule has 1 aromatic carbocycles. The van der Waals surface area contributed by atoms with Crippen LogP contribution in [0.15, 0.2) is 18.2 Å². The lowest BCUT2D eigenvalue weighted by atomic mass is 9.83. The SMILES string of the molecule is N#CC1CCCc2c(OS(=O)(=O)C(F)(F)F)cccc21. The van der Waals surface area contributed by atoms with Crippen molar-refractivity contribution >= 4 is 10.1 Å². The zero-order chi connectivity index (χ0) is 15.0. The minimum atomic E-state index is -5.69. The summed E-state index contributed by atoms with van der Waals surface area (Å²) in [5, 5.41) is 9.00. The van der Waals surface area contributed by atoms with E-state index in [-0.39, 0.29) is 5.75 Å². The highest BCUT2D eigenvalue weighted by molar-refractivity contribution is 7.88. The fourth-order valence-electron chi connectivity index (χ4n) is 2.19. The number of hydrogen-bond donors (Lipinski definition) is 0. The van der Waals surface area contributed by atoms with Crippen molar-refractivity contribution < 1.29 is 25.8 Å². The van der Waals surface area contributed by atoms with Crippen LogP contribution in [-0.2, 0) is 16.5 Å². The number of hydrogen-bond acceptors (Lipinski definition) is 4. The van der Waals surface area contributed by atoms with Gasteiger partial charge in [-0.25, -0.2) is 0 Å². The number of halogens is 3. The van der Waals surface area contributed by atoms with E-state index in [0.717, 1.165) is 0 Å². The number of rotatable bonds is 2. The van der Waals surface area contributed by atoms with Gasteiger partial charge in [-0.15, -0.1) is 0 Å². The molecule has 0 radical (unpaired) electrons. The Morgan fingerprint density at radius 1 is 1.35 bits per heavy atom. The standard InChI is InChI=1S/C12H10F3NO3S/c13-12(14,15)20(17,18)19-11-6-2-4-9-8(7-16)3-1-5-10(9)11/h2,4,6,8H,1,3,5H2. The number of fused-ring (bicyclic) bond motifs is 1. The smallest absolute Gasteiger partial charge is 0.376 e. The number of nitriles is 1. The molecule has 108 valence electrons. The molecule has 0 heterocycles. The first-order valence-electron chi connectivity index (χ1n) is 5.78. The van der Waals surface area contributed by atoms with E-state index in [1.165, 1.54) is 12.1 Å². The first kappa shape index (κ1) is 14.7. The van der Waals surface area contributed by atoms with Crippen LogP contribution in [0, 0.1) is 11.3 Å². The number of nitrogens with zero attached hydrogens (tertiary/aromatic N) is 1. The van der Waals surface area contributed by atoms with E-state index in [1.54, 1.807) is 6.07 Å². The van der Waals surface area contributed by atoms with E-state index in [1.807, 2.05) is 0 Å². The molecule has 4 nitrogen and oxygen atoms in total. The maximum absolute atomic E-state index is 12.3. The minimum absolute atomic E-state index is 0.347.